The molecule has 0 radical (unpaired) electrons. The number of nitrogens with one attached hydrogen (secondary N) is 1. The number of carbonyl (C=O) groups is 1. The van der Waals surface area contributed by atoms with Crippen LogP contribution in [-0.2, 0) is 27.7 Å². The molecule has 1 N–H and O–H groups in total. The monoisotopic (exact) mass is 614 g/mol. The van der Waals surface area contributed by atoms with Gasteiger partial charge in [-0.25, -0.2) is 36.1 Å². The molecule has 40 heavy (non-hydrogen) atoms. The maximum atomic E-state index is 15.2. The molecule has 16 heteroatoms. The molecule has 3 aromatic heterocycles. The number of imidazole rings is 1. The topological polar surface area (TPSA) is 119 Å². The summed E-state index contributed by atoms with van der Waals surface area (Å²) < 4.78 is 74.4. The van der Waals surface area contributed by atoms with Crippen molar-refractivity contribution in [1.82, 2.24) is 24.5 Å². The van der Waals surface area contributed by atoms with E-state index >= 15 is 4.39 Å². The number of alkyl halides is 2. The zero-order valence-electron chi connectivity index (χ0n) is 21.1. The lowest BCUT2D eigenvalue weighted by Crippen LogP contribution is -2.43. The number of benzene rings is 1. The first kappa shape index (κ1) is 28.1. The number of anilines is 1. The lowest BCUT2D eigenvalue weighted by atomic mass is 9.95. The maximum absolute atomic E-state index is 15.2. The molecule has 4 heterocycles. The smallest absolute Gasteiger partial charge is 0.291 e. The van der Waals surface area contributed by atoms with E-state index in [4.69, 9.17) is 16.3 Å². The number of fused-ring (bicyclic) bond motifs is 3. The van der Waals surface area contributed by atoms with Crippen LogP contribution < -0.4 is 9.46 Å². The molecule has 1 aliphatic heterocycles. The van der Waals surface area contributed by atoms with Crippen LogP contribution in [0.3, 0.4) is 0 Å². The van der Waals surface area contributed by atoms with Crippen molar-refractivity contribution >= 4 is 49.6 Å². The zero-order valence-corrected chi connectivity index (χ0v) is 23.5. The first-order valence-corrected chi connectivity index (χ1v) is 15.0. The quantitative estimate of drug-likeness (QED) is 0.312. The molecule has 0 fully saturated rings. The van der Waals surface area contributed by atoms with Gasteiger partial charge in [0.2, 0.25) is 15.0 Å². The summed E-state index contributed by atoms with van der Waals surface area (Å²) >= 11 is 6.69. The lowest BCUT2D eigenvalue weighted by Gasteiger charge is -2.35. The molecule has 5 rings (SSSR count). The summed E-state index contributed by atoms with van der Waals surface area (Å²) in [7, 11) is -3.54. The number of aromatic nitrogens is 4. The molecule has 1 unspecified atom stereocenters. The number of hydrogen-bond donors (Lipinski definition) is 1. The van der Waals surface area contributed by atoms with Crippen LogP contribution in [0.15, 0.2) is 30.3 Å². The molecular weight excluding hydrogens is 593 g/mol. The zero-order chi connectivity index (χ0) is 28.8. The predicted octanol–water partition coefficient (Wildman–Crippen LogP) is 4.40. The third kappa shape index (κ3) is 5.58. The molecule has 1 atom stereocenters. The van der Waals surface area contributed by atoms with Gasteiger partial charge in [0, 0.05) is 23.6 Å². The van der Waals surface area contributed by atoms with Crippen LogP contribution in [0.25, 0.3) is 4.96 Å². The van der Waals surface area contributed by atoms with Gasteiger partial charge < -0.3 is 9.64 Å². The summed E-state index contributed by atoms with van der Waals surface area (Å²) in [6.07, 6.45) is -1.14. The van der Waals surface area contributed by atoms with Crippen molar-refractivity contribution in [3.05, 3.63) is 68.8 Å². The van der Waals surface area contributed by atoms with E-state index in [0.29, 0.717) is 29.9 Å². The van der Waals surface area contributed by atoms with Crippen LogP contribution in [0.5, 0.6) is 5.75 Å². The average molecular weight is 615 g/mol. The van der Waals surface area contributed by atoms with Gasteiger partial charge in [-0.1, -0.05) is 35.9 Å². The van der Waals surface area contributed by atoms with Gasteiger partial charge >= 0.3 is 0 Å². The van der Waals surface area contributed by atoms with E-state index in [1.54, 1.807) is 6.92 Å². The van der Waals surface area contributed by atoms with Gasteiger partial charge in [0.15, 0.2) is 11.6 Å². The fraction of sp³-hybridized carbons (Fsp3) is 0.333. The number of hydrogen-bond acceptors (Lipinski definition) is 8. The third-order valence-corrected chi connectivity index (χ3v) is 7.89. The second-order valence-corrected chi connectivity index (χ2v) is 12.1. The number of halogens is 4. The van der Waals surface area contributed by atoms with Crippen LogP contribution in [0.2, 0.25) is 5.02 Å². The van der Waals surface area contributed by atoms with Gasteiger partial charge in [0.05, 0.1) is 23.3 Å². The number of amides is 1. The van der Waals surface area contributed by atoms with Crippen molar-refractivity contribution in [3.8, 4) is 5.75 Å². The molecule has 212 valence electrons. The maximum Gasteiger partial charge on any atom is 0.291 e. The normalized spacial score (nSPS) is 15.5. The SMILES string of the molecule is CCc1nc(NS(C)(=O)=O)ccc1OCC(=O)N1CCc2nc3sc(C(F)F)nn3c2C1c1ccc(Cl)cc1F. The molecule has 1 aromatic carbocycles. The number of sulfonamides is 1. The highest BCUT2D eigenvalue weighted by molar-refractivity contribution is 7.92. The Morgan fingerprint density at radius 3 is 2.73 bits per heavy atom. The molecule has 0 bridgehead atoms. The summed E-state index contributed by atoms with van der Waals surface area (Å²) in [4.78, 5) is 23.8. The Labute approximate surface area is 235 Å². The Bertz CT molecular complexity index is 1710. The van der Waals surface area contributed by atoms with Crippen molar-refractivity contribution in [1.29, 1.82) is 0 Å². The van der Waals surface area contributed by atoms with Crippen LogP contribution in [0, 0.1) is 5.82 Å². The number of aryl methyl sites for hydroxylation is 1. The molecule has 10 nitrogen and oxygen atoms in total. The first-order valence-electron chi connectivity index (χ1n) is 12.0. The van der Waals surface area contributed by atoms with E-state index in [1.165, 1.54) is 33.7 Å². The number of carbonyl (C=O) groups excluding carboxylic acids is 1. The molecule has 1 amide bonds. The molecule has 0 saturated heterocycles. The highest BCUT2D eigenvalue weighted by Crippen LogP contribution is 2.39. The largest absolute Gasteiger partial charge is 0.482 e. The fourth-order valence-electron chi connectivity index (χ4n) is 4.52. The molecular formula is C24H22ClF3N6O4S2. The minimum Gasteiger partial charge on any atom is -0.482 e. The van der Waals surface area contributed by atoms with E-state index in [0.717, 1.165) is 23.7 Å². The van der Waals surface area contributed by atoms with Crippen molar-refractivity contribution in [3.63, 3.8) is 0 Å². The van der Waals surface area contributed by atoms with E-state index in [2.05, 4.69) is 19.8 Å². The number of ether oxygens (including phenoxy) is 1. The van der Waals surface area contributed by atoms with Gasteiger partial charge in [-0.3, -0.25) is 9.52 Å². The van der Waals surface area contributed by atoms with E-state index < -0.39 is 45.8 Å². The second kappa shape index (κ2) is 10.9. The standard InChI is InChI=1S/C24H22ClF3N6O4S2/c1-3-15-17(6-7-18(29-15)32-40(2,36)37)38-11-19(35)33-9-8-16-21(20(33)13-5-4-12(25)10-14(13)26)34-24(30-16)39-23(31-34)22(27)28/h4-7,10,20,22H,3,8-9,11H2,1-2H3,(H,29,32). The summed E-state index contributed by atoms with van der Waals surface area (Å²) in [5, 5.41) is 3.71. The Kier molecular flexibility index (Phi) is 7.63. The Balaban J connectivity index is 1.48. The summed E-state index contributed by atoms with van der Waals surface area (Å²) in [5.41, 5.74) is 1.35. The Morgan fingerprint density at radius 1 is 1.27 bits per heavy atom. The number of rotatable bonds is 8. The van der Waals surface area contributed by atoms with Crippen LogP contribution in [-0.4, -0.2) is 58.2 Å². The van der Waals surface area contributed by atoms with Crippen LogP contribution in [0.1, 0.15) is 47.0 Å². The van der Waals surface area contributed by atoms with Gasteiger partial charge in [0.1, 0.15) is 23.4 Å². The van der Waals surface area contributed by atoms with Crippen molar-refractivity contribution in [2.24, 2.45) is 0 Å². The minimum atomic E-state index is -3.54. The van der Waals surface area contributed by atoms with Crippen molar-refractivity contribution in [2.45, 2.75) is 32.2 Å². The van der Waals surface area contributed by atoms with E-state index in [-0.39, 0.29) is 33.7 Å². The Morgan fingerprint density at radius 2 is 2.05 bits per heavy atom. The molecule has 1 aliphatic rings. The Hall–Kier alpha value is -3.43. The van der Waals surface area contributed by atoms with Crippen molar-refractivity contribution < 1.29 is 31.1 Å². The highest BCUT2D eigenvalue weighted by Gasteiger charge is 2.38. The number of pyridine rings is 1. The van der Waals surface area contributed by atoms with Gasteiger partial charge in [0.25, 0.3) is 12.3 Å². The van der Waals surface area contributed by atoms with Gasteiger partial charge in [-0.15, -0.1) is 0 Å². The molecule has 0 spiro atoms. The summed E-state index contributed by atoms with van der Waals surface area (Å²) in [5.74, 6) is -0.815. The van der Waals surface area contributed by atoms with Gasteiger partial charge in [-0.05, 0) is 30.7 Å². The summed E-state index contributed by atoms with van der Waals surface area (Å²) in [6.45, 7) is 1.50. The molecule has 0 aliphatic carbocycles. The number of nitrogens with zero attached hydrogens (tertiary/aromatic N) is 5. The van der Waals surface area contributed by atoms with Crippen LogP contribution >= 0.6 is 22.9 Å². The second-order valence-electron chi connectivity index (χ2n) is 8.94. The highest BCUT2D eigenvalue weighted by atomic mass is 35.5. The average Bonchev–Trinajstić information content (AvgIpc) is 3.45. The predicted molar refractivity (Wildman–Crippen MR) is 142 cm³/mol. The minimum absolute atomic E-state index is 0.0965. The van der Waals surface area contributed by atoms with Crippen molar-refractivity contribution in [2.75, 3.05) is 24.1 Å². The third-order valence-electron chi connectivity index (χ3n) is 6.16. The molecule has 4 aromatic rings. The fourth-order valence-corrected chi connectivity index (χ4v) is 5.95. The lowest BCUT2D eigenvalue weighted by molar-refractivity contribution is -0.135. The van der Waals surface area contributed by atoms with E-state index in [1.807, 2.05) is 0 Å². The molecule has 0 saturated carbocycles. The van der Waals surface area contributed by atoms with Gasteiger partial charge in [-0.2, -0.15) is 5.10 Å². The van der Waals surface area contributed by atoms with Crippen LogP contribution in [0.4, 0.5) is 19.0 Å². The summed E-state index contributed by atoms with van der Waals surface area (Å²) in [6, 6.07) is 5.89. The van der Waals surface area contributed by atoms with E-state index in [9.17, 15) is 22.0 Å². The first-order chi connectivity index (χ1) is 18.9.